The van der Waals surface area contributed by atoms with Gasteiger partial charge in [0.2, 0.25) is 0 Å². The third-order valence-corrected chi connectivity index (χ3v) is 8.81. The molecule has 0 amide bonds. The zero-order chi connectivity index (χ0) is 19.9. The highest BCUT2D eigenvalue weighted by molar-refractivity contribution is 14.1. The molecular formula is C25H12I4. The van der Waals surface area contributed by atoms with E-state index < -0.39 is 0 Å². The van der Waals surface area contributed by atoms with Gasteiger partial charge in [-0.1, -0.05) is 24.3 Å². The van der Waals surface area contributed by atoms with E-state index in [0.29, 0.717) is 0 Å². The highest BCUT2D eigenvalue weighted by Crippen LogP contribution is 2.63. The number of hydrogen-bond acceptors (Lipinski definition) is 0. The maximum Gasteiger partial charge on any atom is 0.0725 e. The van der Waals surface area contributed by atoms with Gasteiger partial charge in [0.25, 0.3) is 0 Å². The molecule has 0 N–H and O–H groups in total. The summed E-state index contributed by atoms with van der Waals surface area (Å²) in [5, 5.41) is 0. The third kappa shape index (κ3) is 2.64. The maximum atomic E-state index is 2.44. The number of rotatable bonds is 0. The van der Waals surface area contributed by atoms with E-state index in [-0.39, 0.29) is 5.41 Å². The summed E-state index contributed by atoms with van der Waals surface area (Å²) in [5.74, 6) is 0. The van der Waals surface area contributed by atoms with Crippen LogP contribution < -0.4 is 0 Å². The summed E-state index contributed by atoms with van der Waals surface area (Å²) in [6, 6.07) is 27.9. The molecule has 0 nitrogen and oxygen atoms in total. The molecule has 140 valence electrons. The van der Waals surface area contributed by atoms with Gasteiger partial charge in [-0.3, -0.25) is 0 Å². The van der Waals surface area contributed by atoms with Gasteiger partial charge in [0, 0.05) is 14.3 Å². The normalized spacial score (nSPS) is 14.5. The van der Waals surface area contributed by atoms with E-state index in [0.717, 1.165) is 0 Å². The Morgan fingerprint density at radius 3 is 0.862 bits per heavy atom. The molecule has 0 aromatic heterocycles. The van der Waals surface area contributed by atoms with Crippen molar-refractivity contribution in [2.45, 2.75) is 5.41 Å². The SMILES string of the molecule is Ic1ccc2c(c1)-c1cc(I)ccc1C21c2ccc(I)cc2-c2cc(I)ccc21. The fourth-order valence-electron chi connectivity index (χ4n) is 5.14. The first-order chi connectivity index (χ1) is 14.0. The maximum absolute atomic E-state index is 2.44. The fraction of sp³-hybridized carbons (Fsp3) is 0.0400. The van der Waals surface area contributed by atoms with Gasteiger partial charge in [-0.15, -0.1) is 0 Å². The van der Waals surface area contributed by atoms with Crippen molar-refractivity contribution in [3.63, 3.8) is 0 Å². The molecular weight excluding hydrogens is 808 g/mol. The average Bonchev–Trinajstić information content (AvgIpc) is 3.13. The van der Waals surface area contributed by atoms with Crippen LogP contribution in [-0.2, 0) is 5.41 Å². The quantitative estimate of drug-likeness (QED) is 0.135. The average molecular weight is 820 g/mol. The van der Waals surface area contributed by atoms with Crippen LogP contribution >= 0.6 is 90.4 Å². The minimum atomic E-state index is -0.224. The lowest BCUT2D eigenvalue weighted by Crippen LogP contribution is -2.25. The lowest BCUT2D eigenvalue weighted by atomic mass is 9.70. The van der Waals surface area contributed by atoms with Crippen molar-refractivity contribution < 1.29 is 0 Å². The smallest absolute Gasteiger partial charge is 0.0558 e. The van der Waals surface area contributed by atoms with E-state index in [1.165, 1.54) is 58.8 Å². The Kier molecular flexibility index (Phi) is 4.63. The van der Waals surface area contributed by atoms with E-state index in [9.17, 15) is 0 Å². The Hall–Kier alpha value is -0.200. The second-order valence-electron chi connectivity index (χ2n) is 7.51. The molecule has 4 heteroatoms. The van der Waals surface area contributed by atoms with Crippen LogP contribution in [0.5, 0.6) is 0 Å². The van der Waals surface area contributed by atoms with Gasteiger partial charge in [0.15, 0.2) is 0 Å². The molecule has 0 heterocycles. The largest absolute Gasteiger partial charge is 0.0725 e. The van der Waals surface area contributed by atoms with Gasteiger partial charge in [-0.25, -0.2) is 0 Å². The first-order valence-corrected chi connectivity index (χ1v) is 13.5. The molecule has 0 saturated carbocycles. The highest BCUT2D eigenvalue weighted by atomic mass is 127. The fourth-order valence-corrected chi connectivity index (χ4v) is 7.10. The molecule has 4 aromatic carbocycles. The molecule has 0 atom stereocenters. The van der Waals surface area contributed by atoms with Crippen molar-refractivity contribution >= 4 is 90.4 Å². The number of hydrogen-bond donors (Lipinski definition) is 0. The highest BCUT2D eigenvalue weighted by Gasteiger charge is 2.51. The van der Waals surface area contributed by atoms with Crippen molar-refractivity contribution in [2.75, 3.05) is 0 Å². The van der Waals surface area contributed by atoms with Gasteiger partial charge in [-0.2, -0.15) is 0 Å². The monoisotopic (exact) mass is 820 g/mol. The summed E-state index contributed by atoms with van der Waals surface area (Å²) < 4.78 is 5.14. The van der Waals surface area contributed by atoms with Crippen LogP contribution in [0.3, 0.4) is 0 Å². The van der Waals surface area contributed by atoms with Gasteiger partial charge in [-0.05, 0) is 183 Å². The van der Waals surface area contributed by atoms with Crippen LogP contribution in [0.1, 0.15) is 22.3 Å². The van der Waals surface area contributed by atoms with Gasteiger partial charge in [0.05, 0.1) is 5.41 Å². The van der Waals surface area contributed by atoms with Crippen molar-refractivity contribution in [3.8, 4) is 22.3 Å². The van der Waals surface area contributed by atoms with Crippen molar-refractivity contribution in [2.24, 2.45) is 0 Å². The van der Waals surface area contributed by atoms with Gasteiger partial charge < -0.3 is 0 Å². The van der Waals surface area contributed by atoms with Crippen LogP contribution in [0.15, 0.2) is 72.8 Å². The minimum absolute atomic E-state index is 0.224. The zero-order valence-electron chi connectivity index (χ0n) is 14.9. The van der Waals surface area contributed by atoms with Crippen LogP contribution in [0.25, 0.3) is 22.3 Å². The molecule has 1 spiro atoms. The van der Waals surface area contributed by atoms with Crippen LogP contribution in [0.2, 0.25) is 0 Å². The Labute approximate surface area is 224 Å². The third-order valence-electron chi connectivity index (χ3n) is 6.12. The predicted molar refractivity (Wildman–Crippen MR) is 154 cm³/mol. The number of fused-ring (bicyclic) bond motifs is 10. The van der Waals surface area contributed by atoms with Gasteiger partial charge >= 0.3 is 0 Å². The predicted octanol–water partition coefficient (Wildman–Crippen LogP) is 8.45. The lowest BCUT2D eigenvalue weighted by molar-refractivity contribution is 0.793. The van der Waals surface area contributed by atoms with Crippen molar-refractivity contribution in [1.29, 1.82) is 0 Å². The lowest BCUT2D eigenvalue weighted by Gasteiger charge is -2.30. The molecule has 4 aromatic rings. The topological polar surface area (TPSA) is 0 Å². The van der Waals surface area contributed by atoms with E-state index >= 15 is 0 Å². The van der Waals surface area contributed by atoms with Crippen LogP contribution in [0.4, 0.5) is 0 Å². The van der Waals surface area contributed by atoms with Crippen LogP contribution in [0, 0.1) is 14.3 Å². The summed E-state index contributed by atoms with van der Waals surface area (Å²) >= 11 is 9.75. The Bertz CT molecular complexity index is 1140. The first-order valence-electron chi connectivity index (χ1n) is 9.21. The molecule has 0 bridgehead atoms. The second-order valence-corrected chi connectivity index (χ2v) is 12.5. The summed E-state index contributed by atoms with van der Waals surface area (Å²) in [7, 11) is 0. The molecule has 0 aliphatic heterocycles. The molecule has 0 fully saturated rings. The Morgan fingerprint density at radius 2 is 0.621 bits per heavy atom. The number of halogens is 4. The molecule has 2 aliphatic carbocycles. The summed E-state index contributed by atoms with van der Waals surface area (Å²) in [6.45, 7) is 0. The van der Waals surface area contributed by atoms with E-state index in [4.69, 9.17) is 0 Å². The van der Waals surface area contributed by atoms with Gasteiger partial charge in [0.1, 0.15) is 0 Å². The summed E-state index contributed by atoms with van der Waals surface area (Å²) in [6.07, 6.45) is 0. The second kappa shape index (κ2) is 6.90. The molecule has 0 unspecified atom stereocenters. The summed E-state index contributed by atoms with van der Waals surface area (Å²) in [4.78, 5) is 0. The van der Waals surface area contributed by atoms with E-state index in [1.54, 1.807) is 0 Å². The number of benzene rings is 4. The Morgan fingerprint density at radius 1 is 0.379 bits per heavy atom. The molecule has 2 aliphatic rings. The van der Waals surface area contributed by atoms with E-state index in [1.807, 2.05) is 0 Å². The standard InChI is InChI=1S/C25H12I4/c26-13-1-5-21-17(9-13)18-10-14(27)2-6-22(18)25(21)23-7-3-15(28)11-19(23)20-12-16(29)4-8-24(20)25/h1-12H. The molecule has 6 rings (SSSR count). The van der Waals surface area contributed by atoms with Crippen molar-refractivity contribution in [1.82, 2.24) is 0 Å². The van der Waals surface area contributed by atoms with Crippen molar-refractivity contribution in [3.05, 3.63) is 109 Å². The zero-order valence-corrected chi connectivity index (χ0v) is 23.6. The molecule has 0 saturated heterocycles. The molecule has 0 radical (unpaired) electrons. The van der Waals surface area contributed by atoms with E-state index in [2.05, 4.69) is 163 Å². The minimum Gasteiger partial charge on any atom is -0.0558 e. The van der Waals surface area contributed by atoms with Crippen LogP contribution in [-0.4, -0.2) is 0 Å². The Balaban J connectivity index is 1.85. The molecule has 29 heavy (non-hydrogen) atoms. The summed E-state index contributed by atoms with van der Waals surface area (Å²) in [5.41, 5.74) is 10.9. The first kappa shape index (κ1) is 19.5.